The molecule has 4 aromatic carbocycles. The molecule has 12 heteroatoms. The van der Waals surface area contributed by atoms with Gasteiger partial charge in [0.05, 0.1) is 50.5 Å². The van der Waals surface area contributed by atoms with E-state index in [1.807, 2.05) is 72.9 Å². The van der Waals surface area contributed by atoms with Crippen LogP contribution in [0.3, 0.4) is 0 Å². The number of nitrogens with zero attached hydrogens (tertiary/aromatic N) is 6. The number of ether oxygens (including phenoxy) is 4. The number of azide groups is 1. The molecule has 0 saturated heterocycles. The van der Waals surface area contributed by atoms with Gasteiger partial charge in [-0.3, -0.25) is 0 Å². The fraction of sp³-hybridized carbons (Fsp3) is 0.400. The summed E-state index contributed by atoms with van der Waals surface area (Å²) in [4.78, 5) is 2.81. The zero-order chi connectivity index (χ0) is 44.2. The molecule has 0 amide bonds. The first-order valence-electron chi connectivity index (χ1n) is 21.9. The van der Waals surface area contributed by atoms with Gasteiger partial charge >= 0.3 is 0 Å². The third kappa shape index (κ3) is 14.0. The number of benzene rings is 4. The van der Waals surface area contributed by atoms with E-state index in [1.165, 1.54) is 0 Å². The number of rotatable bonds is 24. The van der Waals surface area contributed by atoms with Gasteiger partial charge < -0.3 is 24.1 Å². The van der Waals surface area contributed by atoms with E-state index in [1.54, 1.807) is 22.9 Å². The summed E-state index contributed by atoms with van der Waals surface area (Å²) in [6.07, 6.45) is 9.39. The molecule has 0 aliphatic rings. The van der Waals surface area contributed by atoms with Gasteiger partial charge in [0.1, 0.15) is 36.8 Å². The van der Waals surface area contributed by atoms with Gasteiger partial charge in [-0.05, 0) is 114 Å². The van der Waals surface area contributed by atoms with E-state index in [2.05, 4.69) is 91.6 Å². The lowest BCUT2D eigenvalue weighted by Crippen LogP contribution is -2.43. The van der Waals surface area contributed by atoms with E-state index in [9.17, 15) is 5.11 Å². The Morgan fingerprint density at radius 3 is 1.84 bits per heavy atom. The van der Waals surface area contributed by atoms with Gasteiger partial charge in [-0.25, -0.2) is 4.68 Å². The van der Waals surface area contributed by atoms with Crippen LogP contribution in [0.25, 0.3) is 27.8 Å². The average molecular weight is 855 g/mol. The van der Waals surface area contributed by atoms with Crippen molar-refractivity contribution in [2.24, 2.45) is 5.11 Å². The van der Waals surface area contributed by atoms with Crippen molar-refractivity contribution >= 4 is 25.4 Å². The Bertz CT molecular complexity index is 2270. The molecule has 0 atom stereocenters. The molecular weight excluding hydrogens is 793 g/mol. The summed E-state index contributed by atoms with van der Waals surface area (Å²) in [6, 6.07) is 30.9. The van der Waals surface area contributed by atoms with Crippen LogP contribution in [0.2, 0.25) is 16.6 Å². The highest BCUT2D eigenvalue weighted by Crippen LogP contribution is 2.41. The van der Waals surface area contributed by atoms with E-state index >= 15 is 0 Å². The van der Waals surface area contributed by atoms with E-state index < -0.39 is 8.07 Å². The second kappa shape index (κ2) is 24.4. The number of hydrogen-bond donors (Lipinski definition) is 1. The third-order valence-electron chi connectivity index (χ3n) is 11.0. The molecule has 5 rings (SSSR count). The smallest absolute Gasteiger partial charge is 0.146 e. The Morgan fingerprint density at radius 1 is 0.710 bits per heavy atom. The van der Waals surface area contributed by atoms with Crippen molar-refractivity contribution in [3.8, 4) is 40.1 Å². The predicted octanol–water partition coefficient (Wildman–Crippen LogP) is 12.7. The van der Waals surface area contributed by atoms with Gasteiger partial charge in [0.15, 0.2) is 0 Å². The minimum atomic E-state index is -1.97. The summed E-state index contributed by atoms with van der Waals surface area (Å²) in [5.74, 6) is 6.44. The van der Waals surface area contributed by atoms with Crippen molar-refractivity contribution in [3.05, 3.63) is 131 Å². The lowest BCUT2D eigenvalue weighted by atomic mass is 10.1. The van der Waals surface area contributed by atoms with Crippen LogP contribution in [0.1, 0.15) is 96.9 Å². The predicted molar refractivity (Wildman–Crippen MR) is 252 cm³/mol. The molecule has 11 nitrogen and oxygen atoms in total. The van der Waals surface area contributed by atoms with Crippen LogP contribution < -0.4 is 18.9 Å². The molecule has 1 N–H and O–H groups in total. The van der Waals surface area contributed by atoms with Gasteiger partial charge in [0.25, 0.3) is 0 Å². The summed E-state index contributed by atoms with van der Waals surface area (Å²) in [5.41, 5.74) is 18.9. The van der Waals surface area contributed by atoms with E-state index in [4.69, 9.17) is 24.5 Å². The SMILES string of the molecule is CC(C)[Si](C#C/C(=C/c1ccccc1)c1cn(-c2cccc(OCCCCCOc3cc(CO)cc(OCCCCCOc4cccc(N=[N+]=[N-])c4)c3)c2)nn1)(C(C)C)C(C)C. The number of aliphatic hydroxyl groups excluding tert-OH is 1. The molecule has 0 aliphatic carbocycles. The van der Waals surface area contributed by atoms with E-state index in [0.717, 1.165) is 72.4 Å². The molecule has 5 aromatic rings. The molecular formula is C50H62N6O5Si. The molecule has 0 saturated carbocycles. The number of aliphatic hydroxyl groups is 1. The van der Waals surface area contributed by atoms with E-state index in [-0.39, 0.29) is 6.61 Å². The maximum absolute atomic E-state index is 9.83. The van der Waals surface area contributed by atoms with Crippen LogP contribution in [-0.2, 0) is 6.61 Å². The van der Waals surface area contributed by atoms with Crippen molar-refractivity contribution < 1.29 is 24.1 Å². The van der Waals surface area contributed by atoms with Gasteiger partial charge in [0, 0.05) is 22.7 Å². The maximum Gasteiger partial charge on any atom is 0.146 e. The van der Waals surface area contributed by atoms with Gasteiger partial charge in [0.2, 0.25) is 0 Å². The minimum absolute atomic E-state index is 0.0966. The maximum atomic E-state index is 9.83. The fourth-order valence-electron chi connectivity index (χ4n) is 7.83. The summed E-state index contributed by atoms with van der Waals surface area (Å²) in [5, 5.41) is 22.6. The Labute approximate surface area is 368 Å². The lowest BCUT2D eigenvalue weighted by Gasteiger charge is -2.38. The first kappa shape index (κ1) is 47.1. The third-order valence-corrected chi connectivity index (χ3v) is 17.3. The lowest BCUT2D eigenvalue weighted by molar-refractivity contribution is 0.264. The van der Waals surface area contributed by atoms with Crippen LogP contribution >= 0.6 is 0 Å². The molecule has 0 bridgehead atoms. The van der Waals surface area contributed by atoms with Crippen molar-refractivity contribution in [2.75, 3.05) is 26.4 Å². The molecule has 0 fully saturated rings. The molecule has 0 radical (unpaired) electrons. The Kier molecular flexibility index (Phi) is 18.6. The van der Waals surface area contributed by atoms with E-state index in [0.29, 0.717) is 66.0 Å². The van der Waals surface area contributed by atoms with Crippen LogP contribution in [0.5, 0.6) is 23.0 Å². The monoisotopic (exact) mass is 854 g/mol. The summed E-state index contributed by atoms with van der Waals surface area (Å²) >= 11 is 0. The molecule has 0 aliphatic heterocycles. The first-order chi connectivity index (χ1) is 30.1. The zero-order valence-corrected chi connectivity index (χ0v) is 38.2. The van der Waals surface area contributed by atoms with Crippen molar-refractivity contribution in [2.45, 2.75) is 103 Å². The number of unbranched alkanes of at least 4 members (excludes halogenated alkanes) is 4. The second-order valence-electron chi connectivity index (χ2n) is 16.3. The van der Waals surface area contributed by atoms with Crippen LogP contribution in [0, 0.1) is 11.5 Å². The fourth-order valence-corrected chi connectivity index (χ4v) is 13.0. The van der Waals surface area contributed by atoms with Crippen LogP contribution in [0.15, 0.2) is 108 Å². The molecule has 0 unspecified atom stereocenters. The average Bonchev–Trinajstić information content (AvgIpc) is 3.76. The number of aromatic nitrogens is 3. The van der Waals surface area contributed by atoms with Gasteiger partial charge in [-0.15, -0.1) is 10.6 Å². The summed E-state index contributed by atoms with van der Waals surface area (Å²) in [6.45, 7) is 16.1. The molecule has 326 valence electrons. The standard InChI is InChI=1S/C50H62N6O5Si/c1-38(2)62(39(3)4,40(5)6)29-24-43(30-41-18-10-7-11-19-41)50-36-56(55-53-50)45-21-17-23-47(34-45)59-26-13-9-15-28-61-49-32-42(37-57)31-48(35-49)60-27-14-8-12-25-58-46-22-16-20-44(33-46)52-54-51/h7,10-11,16-23,30-36,38-40,57H,8-9,12-15,25-28,37H2,1-6H3/b43-30-. The second-order valence-corrected chi connectivity index (χ2v) is 21.9. The Balaban J connectivity index is 1.07. The molecule has 1 aromatic heterocycles. The largest absolute Gasteiger partial charge is 0.494 e. The summed E-state index contributed by atoms with van der Waals surface area (Å²) < 4.78 is 25.8. The first-order valence-corrected chi connectivity index (χ1v) is 24.1. The molecule has 1 heterocycles. The Hall–Kier alpha value is -5.99. The highest BCUT2D eigenvalue weighted by molar-refractivity contribution is 6.90. The van der Waals surface area contributed by atoms with Crippen LogP contribution in [-0.4, -0.2) is 54.6 Å². The van der Waals surface area contributed by atoms with Crippen molar-refractivity contribution in [1.29, 1.82) is 0 Å². The number of hydrogen-bond acceptors (Lipinski definition) is 8. The summed E-state index contributed by atoms with van der Waals surface area (Å²) in [7, 11) is -1.97. The van der Waals surface area contributed by atoms with Gasteiger partial charge in [-0.1, -0.05) is 106 Å². The zero-order valence-electron chi connectivity index (χ0n) is 37.2. The normalized spacial score (nSPS) is 11.6. The van der Waals surface area contributed by atoms with Crippen molar-refractivity contribution in [1.82, 2.24) is 15.0 Å². The Morgan fingerprint density at radius 2 is 1.27 bits per heavy atom. The quantitative estimate of drug-likeness (QED) is 0.0163. The highest BCUT2D eigenvalue weighted by atomic mass is 28.3. The highest BCUT2D eigenvalue weighted by Gasteiger charge is 2.41. The van der Waals surface area contributed by atoms with Crippen LogP contribution in [0.4, 0.5) is 5.69 Å². The molecule has 0 spiro atoms. The minimum Gasteiger partial charge on any atom is -0.494 e. The molecule has 62 heavy (non-hydrogen) atoms. The van der Waals surface area contributed by atoms with Gasteiger partial charge in [-0.2, -0.15) is 0 Å². The topological polar surface area (TPSA) is 137 Å². The van der Waals surface area contributed by atoms with Crippen molar-refractivity contribution in [3.63, 3.8) is 0 Å². The number of allylic oxidation sites excluding steroid dienone is 1.